The molecule has 0 aromatic carbocycles. The van der Waals surface area contributed by atoms with Crippen molar-refractivity contribution in [2.75, 3.05) is 26.7 Å². The van der Waals surface area contributed by atoms with Gasteiger partial charge >= 0.3 is 0 Å². The third kappa shape index (κ3) is 3.72. The lowest BCUT2D eigenvalue weighted by atomic mass is 9.82. The van der Waals surface area contributed by atoms with Gasteiger partial charge in [-0.05, 0) is 26.8 Å². The molecule has 1 aliphatic carbocycles. The average Bonchev–Trinajstić information content (AvgIpc) is 2.94. The molecule has 0 unspecified atom stereocenters. The third-order valence-electron chi connectivity index (χ3n) is 5.09. The molecule has 7 nitrogen and oxygen atoms in total. The number of amides is 1. The first-order chi connectivity index (χ1) is 11.0. The van der Waals surface area contributed by atoms with Gasteiger partial charge in [0.25, 0.3) is 0 Å². The van der Waals surface area contributed by atoms with Crippen molar-refractivity contribution < 1.29 is 14.4 Å². The second-order valence-electron chi connectivity index (χ2n) is 6.98. The number of nitrogens with zero attached hydrogens (tertiary/aromatic N) is 4. The first-order valence-electron chi connectivity index (χ1n) is 8.47. The van der Waals surface area contributed by atoms with Crippen molar-refractivity contribution in [2.45, 2.75) is 57.1 Å². The Morgan fingerprint density at radius 1 is 1.35 bits per heavy atom. The van der Waals surface area contributed by atoms with E-state index in [1.54, 1.807) is 6.92 Å². The number of aryl methyl sites for hydroxylation is 1. The molecule has 1 atom stereocenters. The van der Waals surface area contributed by atoms with Crippen LogP contribution in [0.1, 0.15) is 56.3 Å². The molecule has 2 aliphatic rings. The standard InChI is InChI=1S/C16H26N4O3/c1-12-17-15(23-18-12)13-11-20(9-8-19(13)2)14(21)10-16(22)6-4-3-5-7-16/h13,22H,3-11H2,1-2H3/t13-/m1/s1. The maximum absolute atomic E-state index is 12.6. The molecule has 2 fully saturated rings. The van der Waals surface area contributed by atoms with Crippen LogP contribution < -0.4 is 0 Å². The summed E-state index contributed by atoms with van der Waals surface area (Å²) in [6.07, 6.45) is 4.88. The van der Waals surface area contributed by atoms with E-state index in [1.807, 2.05) is 11.9 Å². The minimum Gasteiger partial charge on any atom is -0.389 e. The van der Waals surface area contributed by atoms with Crippen molar-refractivity contribution in [3.05, 3.63) is 11.7 Å². The van der Waals surface area contributed by atoms with Gasteiger partial charge in [0.2, 0.25) is 11.8 Å². The molecule has 128 valence electrons. The molecule has 0 radical (unpaired) electrons. The summed E-state index contributed by atoms with van der Waals surface area (Å²) in [7, 11) is 2.00. The van der Waals surface area contributed by atoms with Crippen LogP contribution in [0.25, 0.3) is 0 Å². The van der Waals surface area contributed by atoms with Crippen molar-refractivity contribution in [3.8, 4) is 0 Å². The van der Waals surface area contributed by atoms with Crippen LogP contribution in [0.3, 0.4) is 0 Å². The molecular formula is C16H26N4O3. The Bertz CT molecular complexity index is 553. The molecule has 23 heavy (non-hydrogen) atoms. The Hall–Kier alpha value is -1.47. The number of rotatable bonds is 3. The molecule has 1 aromatic rings. The van der Waals surface area contributed by atoms with Gasteiger partial charge in [-0.25, -0.2) is 0 Å². The number of hydrogen-bond donors (Lipinski definition) is 1. The van der Waals surface area contributed by atoms with Crippen molar-refractivity contribution in [1.29, 1.82) is 0 Å². The number of carbonyl (C=O) groups is 1. The summed E-state index contributed by atoms with van der Waals surface area (Å²) in [6.45, 7) is 3.76. The normalized spacial score (nSPS) is 25.5. The second kappa shape index (κ2) is 6.57. The lowest BCUT2D eigenvalue weighted by Crippen LogP contribution is -2.51. The Labute approximate surface area is 136 Å². The number of piperazine rings is 1. The molecule has 3 rings (SSSR count). The highest BCUT2D eigenvalue weighted by Gasteiger charge is 2.37. The van der Waals surface area contributed by atoms with E-state index in [4.69, 9.17) is 4.52 Å². The summed E-state index contributed by atoms with van der Waals surface area (Å²) in [5.41, 5.74) is -0.810. The van der Waals surface area contributed by atoms with E-state index in [0.29, 0.717) is 24.8 Å². The van der Waals surface area contributed by atoms with Gasteiger partial charge in [-0.1, -0.05) is 24.4 Å². The molecule has 7 heteroatoms. The molecule has 1 saturated carbocycles. The van der Waals surface area contributed by atoms with Crippen LogP contribution in [-0.2, 0) is 4.79 Å². The van der Waals surface area contributed by atoms with Crippen LogP contribution in [0, 0.1) is 6.92 Å². The van der Waals surface area contributed by atoms with Gasteiger partial charge in [0.05, 0.1) is 12.0 Å². The fourth-order valence-electron chi connectivity index (χ4n) is 3.60. The van der Waals surface area contributed by atoms with Gasteiger partial charge in [0.15, 0.2) is 5.82 Å². The zero-order chi connectivity index (χ0) is 16.4. The van der Waals surface area contributed by atoms with E-state index < -0.39 is 5.60 Å². The molecule has 1 aliphatic heterocycles. The number of aromatic nitrogens is 2. The zero-order valence-electron chi connectivity index (χ0n) is 14.0. The number of aliphatic hydroxyl groups is 1. The van der Waals surface area contributed by atoms with Crippen LogP contribution in [0.15, 0.2) is 4.52 Å². The second-order valence-corrected chi connectivity index (χ2v) is 6.98. The Morgan fingerprint density at radius 2 is 2.09 bits per heavy atom. The summed E-state index contributed by atoms with van der Waals surface area (Å²) < 4.78 is 5.28. The van der Waals surface area contributed by atoms with Crippen LogP contribution in [0.2, 0.25) is 0 Å². The summed E-state index contributed by atoms with van der Waals surface area (Å²) >= 11 is 0. The molecule has 1 aromatic heterocycles. The Kier molecular flexibility index (Phi) is 4.68. The monoisotopic (exact) mass is 322 g/mol. The molecular weight excluding hydrogens is 296 g/mol. The maximum atomic E-state index is 12.6. The number of hydrogen-bond acceptors (Lipinski definition) is 6. The number of likely N-dealkylation sites (N-methyl/N-ethyl adjacent to an activating group) is 1. The van der Waals surface area contributed by atoms with Crippen molar-refractivity contribution in [2.24, 2.45) is 0 Å². The van der Waals surface area contributed by atoms with Crippen molar-refractivity contribution >= 4 is 5.91 Å². The lowest BCUT2D eigenvalue weighted by Gasteiger charge is -2.39. The SMILES string of the molecule is Cc1noc([C@H]2CN(C(=O)CC3(O)CCCCC3)CCN2C)n1. The average molecular weight is 322 g/mol. The predicted octanol–water partition coefficient (Wildman–Crippen LogP) is 1.28. The van der Waals surface area contributed by atoms with Crippen molar-refractivity contribution in [3.63, 3.8) is 0 Å². The molecule has 1 amide bonds. The Morgan fingerprint density at radius 3 is 2.74 bits per heavy atom. The van der Waals surface area contributed by atoms with Gasteiger partial charge in [-0.3, -0.25) is 9.69 Å². The van der Waals surface area contributed by atoms with Gasteiger partial charge in [0, 0.05) is 19.6 Å². The minimum absolute atomic E-state index is 0.0312. The first kappa shape index (κ1) is 16.4. The first-order valence-corrected chi connectivity index (χ1v) is 8.47. The topological polar surface area (TPSA) is 82.7 Å². The van der Waals surface area contributed by atoms with E-state index >= 15 is 0 Å². The third-order valence-corrected chi connectivity index (χ3v) is 5.09. The van der Waals surface area contributed by atoms with E-state index in [1.165, 1.54) is 0 Å². The highest BCUT2D eigenvalue weighted by Crippen LogP contribution is 2.32. The van der Waals surface area contributed by atoms with Crippen molar-refractivity contribution in [1.82, 2.24) is 19.9 Å². The fourth-order valence-corrected chi connectivity index (χ4v) is 3.60. The highest BCUT2D eigenvalue weighted by molar-refractivity contribution is 5.77. The maximum Gasteiger partial charge on any atom is 0.245 e. The quantitative estimate of drug-likeness (QED) is 0.902. The van der Waals surface area contributed by atoms with Crippen LogP contribution in [-0.4, -0.2) is 63.2 Å². The predicted molar refractivity (Wildman–Crippen MR) is 83.6 cm³/mol. The summed E-state index contributed by atoms with van der Waals surface area (Å²) in [6, 6.07) is -0.0742. The Balaban J connectivity index is 1.64. The van der Waals surface area contributed by atoms with Gasteiger partial charge in [-0.2, -0.15) is 4.98 Å². The van der Waals surface area contributed by atoms with Gasteiger partial charge in [-0.15, -0.1) is 0 Å². The summed E-state index contributed by atoms with van der Waals surface area (Å²) in [4.78, 5) is 20.9. The van der Waals surface area contributed by atoms with Crippen LogP contribution in [0.5, 0.6) is 0 Å². The molecule has 0 spiro atoms. The van der Waals surface area contributed by atoms with E-state index in [2.05, 4.69) is 15.0 Å². The molecule has 2 heterocycles. The molecule has 1 N–H and O–H groups in total. The van der Waals surface area contributed by atoms with Gasteiger partial charge < -0.3 is 14.5 Å². The van der Waals surface area contributed by atoms with Crippen LogP contribution >= 0.6 is 0 Å². The highest BCUT2D eigenvalue weighted by atomic mass is 16.5. The molecule has 0 bridgehead atoms. The van der Waals surface area contributed by atoms with E-state index in [0.717, 1.165) is 38.6 Å². The van der Waals surface area contributed by atoms with E-state index in [9.17, 15) is 9.90 Å². The minimum atomic E-state index is -0.810. The smallest absolute Gasteiger partial charge is 0.245 e. The summed E-state index contributed by atoms with van der Waals surface area (Å²) in [5, 5.41) is 14.5. The number of carbonyl (C=O) groups excluding carboxylic acids is 1. The van der Waals surface area contributed by atoms with E-state index in [-0.39, 0.29) is 18.4 Å². The fraction of sp³-hybridized carbons (Fsp3) is 0.812. The molecule has 1 saturated heterocycles. The summed E-state index contributed by atoms with van der Waals surface area (Å²) in [5.74, 6) is 1.19. The lowest BCUT2D eigenvalue weighted by molar-refractivity contribution is -0.140. The largest absolute Gasteiger partial charge is 0.389 e. The van der Waals surface area contributed by atoms with Gasteiger partial charge in [0.1, 0.15) is 6.04 Å². The van der Waals surface area contributed by atoms with Crippen LogP contribution in [0.4, 0.5) is 0 Å². The zero-order valence-corrected chi connectivity index (χ0v) is 14.0.